The van der Waals surface area contributed by atoms with Crippen molar-refractivity contribution >= 4 is 44.1 Å². The van der Waals surface area contributed by atoms with E-state index in [0.29, 0.717) is 37.3 Å². The van der Waals surface area contributed by atoms with E-state index in [4.69, 9.17) is 11.6 Å². The van der Waals surface area contributed by atoms with Crippen molar-refractivity contribution < 1.29 is 13.2 Å². The first-order valence-electron chi connectivity index (χ1n) is 9.99. The second kappa shape index (κ2) is 8.32. The van der Waals surface area contributed by atoms with Crippen LogP contribution in [0.4, 0.5) is 5.69 Å². The van der Waals surface area contributed by atoms with Crippen molar-refractivity contribution in [1.82, 2.24) is 9.88 Å². The molecule has 0 unspecified atom stereocenters. The van der Waals surface area contributed by atoms with E-state index in [1.807, 2.05) is 12.3 Å². The number of halogens is 1. The Kier molecular flexibility index (Phi) is 5.75. The van der Waals surface area contributed by atoms with E-state index in [9.17, 15) is 13.2 Å². The van der Waals surface area contributed by atoms with E-state index in [-0.39, 0.29) is 16.7 Å². The average molecular weight is 446 g/mol. The molecule has 0 spiro atoms. The van der Waals surface area contributed by atoms with Gasteiger partial charge < -0.3 is 9.88 Å². The maximum atomic E-state index is 12.6. The number of carbonyl (C=O) groups excluding carboxylic acids is 1. The van der Waals surface area contributed by atoms with E-state index in [2.05, 4.69) is 35.0 Å². The molecule has 1 aliphatic rings. The van der Waals surface area contributed by atoms with Gasteiger partial charge in [-0.2, -0.15) is 0 Å². The standard InChI is InChI=1S/C22H24ClN3O3S/c1-16-5-4-6-21-18(16)9-12-25(21)13-10-24-22(27)19-8-7-17(15-20(19)23)26-11-2-3-14-30(26,28)29/h4-9,12,15H,2-3,10-11,13-14H2,1H3,(H,24,27). The summed E-state index contributed by atoms with van der Waals surface area (Å²) in [7, 11) is -3.32. The fourth-order valence-corrected chi connectivity index (χ4v) is 5.77. The van der Waals surface area contributed by atoms with Crippen LogP contribution in [0.1, 0.15) is 28.8 Å². The van der Waals surface area contributed by atoms with Crippen molar-refractivity contribution in [2.75, 3.05) is 23.1 Å². The molecule has 1 saturated heterocycles. The van der Waals surface area contributed by atoms with Gasteiger partial charge in [0.15, 0.2) is 0 Å². The Bertz CT molecular complexity index is 1200. The van der Waals surface area contributed by atoms with E-state index < -0.39 is 10.0 Å². The van der Waals surface area contributed by atoms with Crippen LogP contribution in [-0.2, 0) is 16.6 Å². The summed E-state index contributed by atoms with van der Waals surface area (Å²) in [6.07, 6.45) is 3.50. The summed E-state index contributed by atoms with van der Waals surface area (Å²) in [5.74, 6) is -0.138. The monoisotopic (exact) mass is 445 g/mol. The number of hydrogen-bond acceptors (Lipinski definition) is 3. The van der Waals surface area contributed by atoms with Gasteiger partial charge in [0.05, 0.1) is 22.0 Å². The lowest BCUT2D eigenvalue weighted by Crippen LogP contribution is -2.37. The van der Waals surface area contributed by atoms with Gasteiger partial charge in [0.2, 0.25) is 10.0 Å². The SMILES string of the molecule is Cc1cccc2c1ccn2CCNC(=O)c1ccc(N2CCCCS2(=O)=O)cc1Cl. The normalized spacial score (nSPS) is 16.0. The lowest BCUT2D eigenvalue weighted by atomic mass is 10.1. The molecule has 1 fully saturated rings. The molecule has 0 atom stereocenters. The number of hydrogen-bond donors (Lipinski definition) is 1. The van der Waals surface area contributed by atoms with E-state index in [1.165, 1.54) is 15.3 Å². The van der Waals surface area contributed by atoms with Crippen LogP contribution in [0, 0.1) is 6.92 Å². The van der Waals surface area contributed by atoms with Gasteiger partial charge in [0.1, 0.15) is 0 Å². The highest BCUT2D eigenvalue weighted by molar-refractivity contribution is 7.92. The van der Waals surface area contributed by atoms with Gasteiger partial charge >= 0.3 is 0 Å². The third-order valence-corrected chi connectivity index (χ3v) is 7.69. The topological polar surface area (TPSA) is 71.4 Å². The minimum Gasteiger partial charge on any atom is -0.350 e. The molecular weight excluding hydrogens is 422 g/mol. The van der Waals surface area contributed by atoms with Crippen molar-refractivity contribution in [3.05, 3.63) is 64.8 Å². The Balaban J connectivity index is 1.43. The molecule has 0 bridgehead atoms. The van der Waals surface area contributed by atoms with Crippen molar-refractivity contribution in [1.29, 1.82) is 0 Å². The van der Waals surface area contributed by atoms with Crippen LogP contribution in [0.15, 0.2) is 48.7 Å². The third-order valence-electron chi connectivity index (χ3n) is 5.50. The minimum atomic E-state index is -3.32. The molecule has 0 radical (unpaired) electrons. The number of nitrogens with zero attached hydrogens (tertiary/aromatic N) is 2. The summed E-state index contributed by atoms with van der Waals surface area (Å²) in [6.45, 7) is 3.61. The molecule has 2 heterocycles. The summed E-state index contributed by atoms with van der Waals surface area (Å²) in [6, 6.07) is 13.0. The molecule has 1 amide bonds. The zero-order valence-corrected chi connectivity index (χ0v) is 18.3. The van der Waals surface area contributed by atoms with Crippen LogP contribution in [0.3, 0.4) is 0 Å². The van der Waals surface area contributed by atoms with Gasteiger partial charge in [0.25, 0.3) is 5.91 Å². The third kappa shape index (κ3) is 4.04. The Labute approximate surface area is 181 Å². The van der Waals surface area contributed by atoms with Gasteiger partial charge in [-0.3, -0.25) is 9.10 Å². The highest BCUT2D eigenvalue weighted by Crippen LogP contribution is 2.28. The fraction of sp³-hybridized carbons (Fsp3) is 0.318. The minimum absolute atomic E-state index is 0.139. The molecular formula is C22H24ClN3O3S. The number of amides is 1. The number of sulfonamides is 1. The van der Waals surface area contributed by atoms with Crippen LogP contribution in [-0.4, -0.2) is 37.7 Å². The van der Waals surface area contributed by atoms with Crippen molar-refractivity contribution in [2.24, 2.45) is 0 Å². The number of benzene rings is 2. The summed E-state index contributed by atoms with van der Waals surface area (Å²) < 4.78 is 28.0. The van der Waals surface area contributed by atoms with Crippen LogP contribution in [0.5, 0.6) is 0 Å². The number of carbonyl (C=O) groups is 1. The molecule has 0 aliphatic carbocycles. The summed E-state index contributed by atoms with van der Waals surface area (Å²) in [5, 5.41) is 4.34. The quantitative estimate of drug-likeness (QED) is 0.646. The van der Waals surface area contributed by atoms with Crippen molar-refractivity contribution in [2.45, 2.75) is 26.3 Å². The number of nitrogens with one attached hydrogen (secondary N) is 1. The maximum absolute atomic E-state index is 12.6. The number of aryl methyl sites for hydroxylation is 1. The molecule has 4 rings (SSSR count). The fourth-order valence-electron chi connectivity index (χ4n) is 3.88. The second-order valence-electron chi connectivity index (χ2n) is 7.53. The lowest BCUT2D eigenvalue weighted by molar-refractivity contribution is 0.0952. The zero-order chi connectivity index (χ0) is 21.3. The Morgan fingerprint density at radius 1 is 1.17 bits per heavy atom. The summed E-state index contributed by atoms with van der Waals surface area (Å²) >= 11 is 6.32. The Morgan fingerprint density at radius 3 is 2.77 bits per heavy atom. The van der Waals surface area contributed by atoms with Gasteiger partial charge in [-0.15, -0.1) is 0 Å². The number of rotatable bonds is 5. The van der Waals surface area contributed by atoms with Gasteiger partial charge in [-0.1, -0.05) is 23.7 Å². The van der Waals surface area contributed by atoms with E-state index >= 15 is 0 Å². The van der Waals surface area contributed by atoms with Crippen molar-refractivity contribution in [3.8, 4) is 0 Å². The van der Waals surface area contributed by atoms with E-state index in [1.54, 1.807) is 18.2 Å². The molecule has 1 N–H and O–H groups in total. The zero-order valence-electron chi connectivity index (χ0n) is 16.8. The molecule has 2 aromatic carbocycles. The average Bonchev–Trinajstić information content (AvgIpc) is 3.12. The molecule has 6 nitrogen and oxygen atoms in total. The molecule has 1 aromatic heterocycles. The predicted molar refractivity (Wildman–Crippen MR) is 121 cm³/mol. The molecule has 1 aliphatic heterocycles. The lowest BCUT2D eigenvalue weighted by Gasteiger charge is -2.28. The van der Waals surface area contributed by atoms with Crippen molar-refractivity contribution in [3.63, 3.8) is 0 Å². The number of fused-ring (bicyclic) bond motifs is 1. The largest absolute Gasteiger partial charge is 0.350 e. The molecule has 3 aromatic rings. The summed E-state index contributed by atoms with van der Waals surface area (Å²) in [5.41, 5.74) is 3.20. The number of anilines is 1. The molecule has 158 valence electrons. The first kappa shape index (κ1) is 20.8. The van der Waals surface area contributed by atoms with Gasteiger partial charge in [0, 0.05) is 36.7 Å². The van der Waals surface area contributed by atoms with Gasteiger partial charge in [-0.05, 0) is 55.7 Å². The first-order valence-corrected chi connectivity index (χ1v) is 12.0. The Hall–Kier alpha value is -2.51. The maximum Gasteiger partial charge on any atom is 0.252 e. The predicted octanol–water partition coefficient (Wildman–Crippen LogP) is 3.96. The van der Waals surface area contributed by atoms with Crippen LogP contribution >= 0.6 is 11.6 Å². The Morgan fingerprint density at radius 2 is 2.00 bits per heavy atom. The number of aromatic nitrogens is 1. The molecule has 8 heteroatoms. The van der Waals surface area contributed by atoms with Gasteiger partial charge in [-0.25, -0.2) is 8.42 Å². The summed E-state index contributed by atoms with van der Waals surface area (Å²) in [4.78, 5) is 12.6. The van der Waals surface area contributed by atoms with Crippen LogP contribution in [0.2, 0.25) is 5.02 Å². The second-order valence-corrected chi connectivity index (χ2v) is 9.95. The van der Waals surface area contributed by atoms with Crippen LogP contribution < -0.4 is 9.62 Å². The van der Waals surface area contributed by atoms with Crippen LogP contribution in [0.25, 0.3) is 10.9 Å². The smallest absolute Gasteiger partial charge is 0.252 e. The highest BCUT2D eigenvalue weighted by atomic mass is 35.5. The molecule has 30 heavy (non-hydrogen) atoms. The highest BCUT2D eigenvalue weighted by Gasteiger charge is 2.26. The van der Waals surface area contributed by atoms with E-state index in [0.717, 1.165) is 11.9 Å². The molecule has 0 saturated carbocycles. The first-order chi connectivity index (χ1) is 14.4.